The van der Waals surface area contributed by atoms with Gasteiger partial charge in [-0.25, -0.2) is 0 Å². The average molecular weight is 397 g/mol. The molecule has 1 aromatic rings. The SMILES string of the molecule is CC1C(CSC(=N)N)=C(Oc2ccccc2CSC(=N)N)C=CC1Cl. The molecule has 0 bridgehead atoms. The van der Waals surface area contributed by atoms with Crippen molar-refractivity contribution in [2.75, 3.05) is 5.75 Å². The van der Waals surface area contributed by atoms with Crippen molar-refractivity contribution in [2.24, 2.45) is 17.4 Å². The minimum Gasteiger partial charge on any atom is -0.457 e. The number of nitrogens with one attached hydrogen (secondary N) is 2. The van der Waals surface area contributed by atoms with Crippen LogP contribution in [-0.4, -0.2) is 21.5 Å². The van der Waals surface area contributed by atoms with Gasteiger partial charge in [-0.1, -0.05) is 54.7 Å². The zero-order valence-corrected chi connectivity index (χ0v) is 16.2. The molecular formula is C17H21ClN4OS2. The van der Waals surface area contributed by atoms with Crippen LogP contribution in [0.25, 0.3) is 0 Å². The first-order valence-corrected chi connectivity index (χ1v) is 10.0. The molecule has 0 spiro atoms. The lowest BCUT2D eigenvalue weighted by molar-refractivity contribution is 0.420. The third-order valence-electron chi connectivity index (χ3n) is 3.73. The zero-order valence-electron chi connectivity index (χ0n) is 13.8. The summed E-state index contributed by atoms with van der Waals surface area (Å²) in [5.41, 5.74) is 12.9. The molecule has 0 amide bonds. The molecule has 134 valence electrons. The molecule has 0 saturated carbocycles. The van der Waals surface area contributed by atoms with Gasteiger partial charge in [0, 0.05) is 23.0 Å². The summed E-state index contributed by atoms with van der Waals surface area (Å²) < 4.78 is 6.17. The Labute approximate surface area is 161 Å². The molecule has 2 unspecified atom stereocenters. The lowest BCUT2D eigenvalue weighted by Gasteiger charge is -2.26. The highest BCUT2D eigenvalue weighted by atomic mass is 35.5. The molecule has 0 radical (unpaired) electrons. The molecule has 1 aliphatic rings. The molecule has 0 aromatic heterocycles. The maximum absolute atomic E-state index is 7.44. The number of ether oxygens (including phenoxy) is 1. The van der Waals surface area contributed by atoms with Gasteiger partial charge in [-0.2, -0.15) is 0 Å². The lowest BCUT2D eigenvalue weighted by atomic mass is 9.93. The molecule has 0 saturated heterocycles. The summed E-state index contributed by atoms with van der Waals surface area (Å²) in [5.74, 6) is 2.67. The van der Waals surface area contributed by atoms with Crippen LogP contribution in [-0.2, 0) is 5.75 Å². The Bertz CT molecular complexity index is 720. The minimum atomic E-state index is -0.113. The van der Waals surface area contributed by atoms with Crippen LogP contribution in [0.4, 0.5) is 0 Å². The Hall–Kier alpha value is -1.57. The molecule has 2 atom stereocenters. The van der Waals surface area contributed by atoms with Gasteiger partial charge >= 0.3 is 0 Å². The van der Waals surface area contributed by atoms with E-state index in [1.807, 2.05) is 43.3 Å². The number of nitrogens with two attached hydrogens (primary N) is 2. The van der Waals surface area contributed by atoms with E-state index in [1.54, 1.807) is 0 Å². The Morgan fingerprint density at radius 2 is 1.80 bits per heavy atom. The van der Waals surface area contributed by atoms with Gasteiger partial charge < -0.3 is 16.2 Å². The topological polar surface area (TPSA) is 109 Å². The third-order valence-corrected chi connectivity index (χ3v) is 5.79. The normalized spacial score (nSPS) is 19.8. The van der Waals surface area contributed by atoms with E-state index < -0.39 is 0 Å². The molecule has 0 heterocycles. The maximum atomic E-state index is 7.44. The lowest BCUT2D eigenvalue weighted by Crippen LogP contribution is -2.21. The monoisotopic (exact) mass is 396 g/mol. The first-order valence-electron chi connectivity index (χ1n) is 7.63. The molecule has 0 aliphatic heterocycles. The predicted octanol–water partition coefficient (Wildman–Crippen LogP) is 3.89. The molecule has 5 nitrogen and oxygen atoms in total. The molecule has 8 heteroatoms. The van der Waals surface area contributed by atoms with Crippen LogP contribution in [0.3, 0.4) is 0 Å². The van der Waals surface area contributed by atoms with Crippen molar-refractivity contribution in [3.8, 4) is 5.75 Å². The summed E-state index contributed by atoms with van der Waals surface area (Å²) in [4.78, 5) is 0. The van der Waals surface area contributed by atoms with Crippen molar-refractivity contribution in [2.45, 2.75) is 18.1 Å². The number of para-hydroxylation sites is 1. The first-order chi connectivity index (χ1) is 11.9. The average Bonchev–Trinajstić information content (AvgIpc) is 2.56. The third kappa shape index (κ3) is 5.73. The largest absolute Gasteiger partial charge is 0.457 e. The number of allylic oxidation sites excluding steroid dienone is 2. The summed E-state index contributed by atoms with van der Waals surface area (Å²) >= 11 is 8.86. The Morgan fingerprint density at radius 1 is 1.16 bits per heavy atom. The molecule has 1 aliphatic carbocycles. The van der Waals surface area contributed by atoms with Crippen LogP contribution in [0.1, 0.15) is 12.5 Å². The van der Waals surface area contributed by atoms with Gasteiger partial charge in [0.25, 0.3) is 0 Å². The van der Waals surface area contributed by atoms with Gasteiger partial charge in [-0.05, 0) is 17.7 Å². The van der Waals surface area contributed by atoms with E-state index in [0.717, 1.165) is 22.6 Å². The quantitative estimate of drug-likeness (QED) is 0.331. The number of benzene rings is 1. The fourth-order valence-electron chi connectivity index (χ4n) is 2.32. The van der Waals surface area contributed by atoms with Crippen LogP contribution in [0, 0.1) is 16.7 Å². The van der Waals surface area contributed by atoms with E-state index in [-0.39, 0.29) is 21.6 Å². The van der Waals surface area contributed by atoms with Crippen molar-refractivity contribution in [3.63, 3.8) is 0 Å². The summed E-state index contributed by atoms with van der Waals surface area (Å²) in [5, 5.41) is 14.8. The predicted molar refractivity (Wildman–Crippen MR) is 110 cm³/mol. The van der Waals surface area contributed by atoms with Crippen molar-refractivity contribution < 1.29 is 4.74 Å². The van der Waals surface area contributed by atoms with Gasteiger partial charge in [0.1, 0.15) is 11.5 Å². The fraction of sp³-hybridized carbons (Fsp3) is 0.294. The van der Waals surface area contributed by atoms with Crippen molar-refractivity contribution in [1.82, 2.24) is 0 Å². The number of amidine groups is 2. The van der Waals surface area contributed by atoms with Gasteiger partial charge in [-0.3, -0.25) is 10.8 Å². The number of rotatable bonds is 6. The summed E-state index contributed by atoms with van der Waals surface area (Å²) in [6.45, 7) is 2.04. The van der Waals surface area contributed by atoms with Gasteiger partial charge in [0.15, 0.2) is 10.3 Å². The number of hydrogen-bond donors (Lipinski definition) is 4. The van der Waals surface area contributed by atoms with Gasteiger partial charge in [-0.15, -0.1) is 11.6 Å². The van der Waals surface area contributed by atoms with Gasteiger partial charge in [0.05, 0.1) is 5.38 Å². The molecule has 2 rings (SSSR count). The summed E-state index contributed by atoms with van der Waals surface area (Å²) in [6, 6.07) is 7.68. The van der Waals surface area contributed by atoms with Crippen LogP contribution in [0.5, 0.6) is 5.75 Å². The van der Waals surface area contributed by atoms with Crippen LogP contribution >= 0.6 is 35.1 Å². The fourth-order valence-corrected chi connectivity index (χ4v) is 3.81. The van der Waals surface area contributed by atoms with E-state index in [1.165, 1.54) is 23.5 Å². The number of thioether (sulfide) groups is 2. The van der Waals surface area contributed by atoms with E-state index in [2.05, 4.69) is 0 Å². The number of hydrogen-bond acceptors (Lipinski definition) is 5. The van der Waals surface area contributed by atoms with Crippen molar-refractivity contribution in [1.29, 1.82) is 10.8 Å². The first kappa shape index (κ1) is 19.8. The second-order valence-corrected chi connectivity index (χ2v) is 8.04. The van der Waals surface area contributed by atoms with Crippen LogP contribution in [0.2, 0.25) is 0 Å². The second kappa shape index (κ2) is 9.22. The molecule has 0 fully saturated rings. The number of halogens is 1. The Morgan fingerprint density at radius 3 is 2.48 bits per heavy atom. The molecular weight excluding hydrogens is 376 g/mol. The summed E-state index contributed by atoms with van der Waals surface area (Å²) in [6.07, 6.45) is 3.79. The zero-order chi connectivity index (χ0) is 18.4. The molecule has 1 aromatic carbocycles. The summed E-state index contributed by atoms with van der Waals surface area (Å²) in [7, 11) is 0. The minimum absolute atomic E-state index is 0.0676. The number of alkyl halides is 1. The highest BCUT2D eigenvalue weighted by Crippen LogP contribution is 2.34. The van der Waals surface area contributed by atoms with E-state index in [9.17, 15) is 0 Å². The van der Waals surface area contributed by atoms with Crippen molar-refractivity contribution in [3.05, 3.63) is 53.3 Å². The Kier molecular flexibility index (Phi) is 7.28. The van der Waals surface area contributed by atoms with E-state index in [4.69, 9.17) is 38.6 Å². The smallest absolute Gasteiger partial charge is 0.151 e. The molecule has 25 heavy (non-hydrogen) atoms. The second-order valence-electron chi connectivity index (χ2n) is 5.50. The highest BCUT2D eigenvalue weighted by molar-refractivity contribution is 8.13. The van der Waals surface area contributed by atoms with Crippen molar-refractivity contribution >= 4 is 45.5 Å². The van der Waals surface area contributed by atoms with Gasteiger partial charge in [0.2, 0.25) is 0 Å². The van der Waals surface area contributed by atoms with E-state index >= 15 is 0 Å². The maximum Gasteiger partial charge on any atom is 0.151 e. The highest BCUT2D eigenvalue weighted by Gasteiger charge is 2.25. The Balaban J connectivity index is 2.27. The van der Waals surface area contributed by atoms with Crippen LogP contribution in [0.15, 0.2) is 47.7 Å². The standard InChI is InChI=1S/C17H21ClN4OS2/c1-10-12(9-25-17(21)22)15(7-6-13(10)18)23-14-5-3-2-4-11(14)8-24-16(19)20/h2-7,10,13H,8-9H2,1H3,(H3,19,20)(H3,21,22). The van der Waals surface area contributed by atoms with E-state index in [0.29, 0.717) is 11.5 Å². The van der Waals surface area contributed by atoms with Crippen LogP contribution < -0.4 is 16.2 Å². The molecule has 6 N–H and O–H groups in total.